The molecule has 0 aliphatic rings. The average Bonchev–Trinajstić information content (AvgIpc) is 2.34. The summed E-state index contributed by atoms with van der Waals surface area (Å²) < 4.78 is 0. The van der Waals surface area contributed by atoms with Crippen LogP contribution in [0.3, 0.4) is 0 Å². The molecule has 0 radical (unpaired) electrons. The number of carbonyl (C=O) groups is 1. The molecule has 0 fully saturated rings. The Labute approximate surface area is 109 Å². The Morgan fingerprint density at radius 3 is 2.67 bits per heavy atom. The van der Waals surface area contributed by atoms with Gasteiger partial charge in [-0.3, -0.25) is 9.69 Å². The molecule has 1 heterocycles. The molecule has 1 aromatic rings. The maximum atomic E-state index is 11.9. The summed E-state index contributed by atoms with van der Waals surface area (Å²) in [7, 11) is 1.75. The first kappa shape index (κ1) is 14.5. The van der Waals surface area contributed by atoms with E-state index < -0.39 is 0 Å². The highest BCUT2D eigenvalue weighted by Gasteiger charge is 2.11. The average molecular weight is 249 g/mol. The highest BCUT2D eigenvalue weighted by molar-refractivity contribution is 5.91. The molecule has 4 heteroatoms. The van der Waals surface area contributed by atoms with Crippen molar-refractivity contribution in [1.29, 1.82) is 0 Å². The van der Waals surface area contributed by atoms with Gasteiger partial charge in [0.05, 0.1) is 11.9 Å². The summed E-state index contributed by atoms with van der Waals surface area (Å²) in [6.45, 7) is 4.40. The van der Waals surface area contributed by atoms with Crippen LogP contribution in [0, 0.1) is 5.92 Å². The third-order valence-corrected chi connectivity index (χ3v) is 2.91. The molecule has 2 N–H and O–H groups in total. The van der Waals surface area contributed by atoms with Crippen molar-refractivity contribution in [3.05, 3.63) is 18.3 Å². The Morgan fingerprint density at radius 2 is 2.11 bits per heavy atom. The van der Waals surface area contributed by atoms with Crippen LogP contribution in [0.1, 0.15) is 39.5 Å². The molecular formula is C14H23N3O. The summed E-state index contributed by atoms with van der Waals surface area (Å²) in [5.41, 5.74) is 6.17. The second-order valence-electron chi connectivity index (χ2n) is 5.04. The molecule has 0 aromatic carbocycles. The zero-order chi connectivity index (χ0) is 13.5. The summed E-state index contributed by atoms with van der Waals surface area (Å²) >= 11 is 0. The van der Waals surface area contributed by atoms with E-state index in [2.05, 4.69) is 18.8 Å². The van der Waals surface area contributed by atoms with Crippen molar-refractivity contribution in [1.82, 2.24) is 4.98 Å². The maximum absolute atomic E-state index is 11.9. The van der Waals surface area contributed by atoms with Crippen molar-refractivity contribution in [2.45, 2.75) is 39.5 Å². The Balaban J connectivity index is 2.39. The summed E-state index contributed by atoms with van der Waals surface area (Å²) in [6, 6.07) is 3.52. The first-order chi connectivity index (χ1) is 8.50. The molecule has 0 unspecified atom stereocenters. The van der Waals surface area contributed by atoms with Gasteiger partial charge in [-0.25, -0.2) is 4.98 Å². The van der Waals surface area contributed by atoms with Crippen molar-refractivity contribution < 1.29 is 4.79 Å². The standard InChI is InChI=1S/C14H23N3O/c1-11(2)6-4-5-7-14(18)17(3)13-9-8-12(15)10-16-13/h8-11H,4-7,15H2,1-3H3. The van der Waals surface area contributed by atoms with Crippen molar-refractivity contribution >= 4 is 17.4 Å². The monoisotopic (exact) mass is 249 g/mol. The number of hydrogen-bond acceptors (Lipinski definition) is 3. The first-order valence-electron chi connectivity index (χ1n) is 6.48. The van der Waals surface area contributed by atoms with Crippen LogP contribution in [0.15, 0.2) is 18.3 Å². The van der Waals surface area contributed by atoms with Crippen LogP contribution >= 0.6 is 0 Å². The largest absolute Gasteiger partial charge is 0.397 e. The number of pyridine rings is 1. The predicted octanol–water partition coefficient (Wildman–Crippen LogP) is 2.84. The van der Waals surface area contributed by atoms with Crippen molar-refractivity contribution in [2.24, 2.45) is 5.92 Å². The number of amides is 1. The van der Waals surface area contributed by atoms with Gasteiger partial charge in [-0.15, -0.1) is 0 Å². The molecule has 0 atom stereocenters. The second-order valence-corrected chi connectivity index (χ2v) is 5.04. The number of nitrogens with zero attached hydrogens (tertiary/aromatic N) is 2. The van der Waals surface area contributed by atoms with Gasteiger partial charge in [-0.2, -0.15) is 0 Å². The lowest BCUT2D eigenvalue weighted by Crippen LogP contribution is -2.26. The fourth-order valence-corrected chi connectivity index (χ4v) is 1.72. The third kappa shape index (κ3) is 4.73. The normalized spacial score (nSPS) is 10.7. The van der Waals surface area contributed by atoms with Crippen LogP contribution in [0.4, 0.5) is 11.5 Å². The van der Waals surface area contributed by atoms with Gasteiger partial charge in [0.25, 0.3) is 0 Å². The van der Waals surface area contributed by atoms with Gasteiger partial charge in [0.15, 0.2) is 0 Å². The number of rotatable bonds is 6. The second kappa shape index (κ2) is 6.99. The molecule has 1 rings (SSSR count). The number of carbonyl (C=O) groups excluding carboxylic acids is 1. The van der Waals surface area contributed by atoms with Gasteiger partial charge in [0.2, 0.25) is 5.91 Å². The van der Waals surface area contributed by atoms with E-state index in [9.17, 15) is 4.79 Å². The lowest BCUT2D eigenvalue weighted by molar-refractivity contribution is -0.118. The van der Waals surface area contributed by atoms with E-state index in [0.717, 1.165) is 12.8 Å². The van der Waals surface area contributed by atoms with Crippen LogP contribution in [0.2, 0.25) is 0 Å². The Hall–Kier alpha value is -1.58. The van der Waals surface area contributed by atoms with E-state index in [-0.39, 0.29) is 5.91 Å². The molecule has 0 bridgehead atoms. The minimum atomic E-state index is 0.107. The lowest BCUT2D eigenvalue weighted by atomic mass is 10.1. The van der Waals surface area contributed by atoms with Crippen molar-refractivity contribution in [3.8, 4) is 0 Å². The van der Waals surface area contributed by atoms with Gasteiger partial charge in [0.1, 0.15) is 5.82 Å². The number of hydrogen-bond donors (Lipinski definition) is 1. The fraction of sp³-hybridized carbons (Fsp3) is 0.571. The van der Waals surface area contributed by atoms with Crippen LogP contribution < -0.4 is 10.6 Å². The van der Waals surface area contributed by atoms with E-state index >= 15 is 0 Å². The molecule has 100 valence electrons. The number of nitrogens with two attached hydrogens (primary N) is 1. The minimum absolute atomic E-state index is 0.107. The van der Waals surface area contributed by atoms with E-state index in [4.69, 9.17) is 5.73 Å². The Bertz CT molecular complexity index is 373. The fourth-order valence-electron chi connectivity index (χ4n) is 1.72. The Morgan fingerprint density at radius 1 is 1.39 bits per heavy atom. The zero-order valence-electron chi connectivity index (χ0n) is 11.5. The van der Waals surface area contributed by atoms with E-state index in [0.29, 0.717) is 23.8 Å². The van der Waals surface area contributed by atoms with Crippen molar-refractivity contribution in [3.63, 3.8) is 0 Å². The quantitative estimate of drug-likeness (QED) is 0.789. The van der Waals surface area contributed by atoms with Gasteiger partial charge in [0, 0.05) is 13.5 Å². The highest BCUT2D eigenvalue weighted by Crippen LogP contribution is 2.14. The molecule has 0 saturated heterocycles. The molecule has 4 nitrogen and oxygen atoms in total. The molecule has 0 aliphatic heterocycles. The third-order valence-electron chi connectivity index (χ3n) is 2.91. The van der Waals surface area contributed by atoms with Gasteiger partial charge in [-0.1, -0.05) is 26.7 Å². The number of anilines is 2. The van der Waals surface area contributed by atoms with Gasteiger partial charge >= 0.3 is 0 Å². The first-order valence-corrected chi connectivity index (χ1v) is 6.48. The lowest BCUT2D eigenvalue weighted by Gasteiger charge is -2.16. The molecule has 1 aromatic heterocycles. The SMILES string of the molecule is CC(C)CCCCC(=O)N(C)c1ccc(N)cn1. The smallest absolute Gasteiger partial charge is 0.227 e. The number of aromatic nitrogens is 1. The summed E-state index contributed by atoms with van der Waals surface area (Å²) in [4.78, 5) is 17.7. The van der Waals surface area contributed by atoms with E-state index in [1.807, 2.05) is 0 Å². The summed E-state index contributed by atoms with van der Waals surface area (Å²) in [5.74, 6) is 1.46. The van der Waals surface area contributed by atoms with Gasteiger partial charge in [-0.05, 0) is 24.5 Å². The number of nitrogen functional groups attached to an aromatic ring is 1. The predicted molar refractivity (Wildman–Crippen MR) is 75.4 cm³/mol. The topological polar surface area (TPSA) is 59.2 Å². The van der Waals surface area contributed by atoms with Crippen molar-refractivity contribution in [2.75, 3.05) is 17.7 Å². The summed E-state index contributed by atoms with van der Waals surface area (Å²) in [5, 5.41) is 0. The Kier molecular flexibility index (Phi) is 5.62. The minimum Gasteiger partial charge on any atom is -0.397 e. The van der Waals surface area contributed by atoms with Gasteiger partial charge < -0.3 is 5.73 Å². The molecule has 0 spiro atoms. The maximum Gasteiger partial charge on any atom is 0.227 e. The number of unbranched alkanes of at least 4 members (excludes halogenated alkanes) is 1. The highest BCUT2D eigenvalue weighted by atomic mass is 16.2. The summed E-state index contributed by atoms with van der Waals surface area (Å²) in [6.07, 6.45) is 5.37. The van der Waals surface area contributed by atoms with Crippen LogP contribution in [0.25, 0.3) is 0 Å². The molecule has 0 aliphatic carbocycles. The molecule has 0 saturated carbocycles. The van der Waals surface area contributed by atoms with Crippen LogP contribution in [-0.2, 0) is 4.79 Å². The molecule has 1 amide bonds. The molecule has 18 heavy (non-hydrogen) atoms. The zero-order valence-corrected chi connectivity index (χ0v) is 11.5. The van der Waals surface area contributed by atoms with E-state index in [1.54, 1.807) is 30.3 Å². The van der Waals surface area contributed by atoms with Crippen LogP contribution in [-0.4, -0.2) is 17.9 Å². The van der Waals surface area contributed by atoms with E-state index in [1.165, 1.54) is 6.42 Å². The van der Waals surface area contributed by atoms with Crippen LogP contribution in [0.5, 0.6) is 0 Å². The molecular weight excluding hydrogens is 226 g/mol.